The molecule has 2 atom stereocenters. The van der Waals surface area contributed by atoms with Crippen molar-refractivity contribution in [3.8, 4) is 0 Å². The van der Waals surface area contributed by atoms with Crippen LogP contribution in [0.3, 0.4) is 0 Å². The summed E-state index contributed by atoms with van der Waals surface area (Å²) in [6.45, 7) is 5.86. The highest BCUT2D eigenvalue weighted by atomic mass is 79.9. The Morgan fingerprint density at radius 2 is 1.33 bits per heavy atom. The molecule has 0 aliphatic carbocycles. The zero-order chi connectivity index (χ0) is 18.4. The molecule has 0 amide bonds. The van der Waals surface area contributed by atoms with Crippen LogP contribution in [0.4, 0.5) is 0 Å². The van der Waals surface area contributed by atoms with Gasteiger partial charge in [-0.15, -0.1) is 17.0 Å². The van der Waals surface area contributed by atoms with Crippen LogP contribution in [-0.4, -0.2) is 28.6 Å². The first-order valence-corrected chi connectivity index (χ1v) is 10.2. The van der Waals surface area contributed by atoms with Crippen molar-refractivity contribution in [1.29, 1.82) is 0 Å². The maximum Gasteiger partial charge on any atom is 0.115 e. The first-order chi connectivity index (χ1) is 12.6. The summed E-state index contributed by atoms with van der Waals surface area (Å²) in [4.78, 5) is 2.66. The molecule has 1 heterocycles. The molecule has 0 bridgehead atoms. The molecular formula is C24H34BrNO. The average Bonchev–Trinajstić information content (AvgIpc) is 2.68. The van der Waals surface area contributed by atoms with E-state index in [4.69, 9.17) is 0 Å². The van der Waals surface area contributed by atoms with E-state index in [9.17, 15) is 5.11 Å². The molecule has 27 heavy (non-hydrogen) atoms. The van der Waals surface area contributed by atoms with E-state index in [-0.39, 0.29) is 17.0 Å². The van der Waals surface area contributed by atoms with E-state index >= 15 is 0 Å². The molecule has 2 nitrogen and oxygen atoms in total. The molecule has 0 spiro atoms. The van der Waals surface area contributed by atoms with E-state index in [0.29, 0.717) is 12.1 Å². The summed E-state index contributed by atoms with van der Waals surface area (Å²) < 4.78 is 0. The number of halogens is 1. The topological polar surface area (TPSA) is 23.5 Å². The van der Waals surface area contributed by atoms with Crippen molar-refractivity contribution in [1.82, 2.24) is 4.90 Å². The summed E-state index contributed by atoms with van der Waals surface area (Å²) in [6.07, 6.45) is 6.93. The zero-order valence-corrected chi connectivity index (χ0v) is 18.4. The van der Waals surface area contributed by atoms with E-state index in [2.05, 4.69) is 18.7 Å². The molecule has 2 aromatic carbocycles. The smallest absolute Gasteiger partial charge is 0.115 e. The van der Waals surface area contributed by atoms with E-state index < -0.39 is 5.60 Å². The number of hydrogen-bond acceptors (Lipinski definition) is 2. The number of likely N-dealkylation sites (tertiary alicyclic amines) is 1. The van der Waals surface area contributed by atoms with Crippen LogP contribution >= 0.6 is 17.0 Å². The van der Waals surface area contributed by atoms with Crippen molar-refractivity contribution >= 4 is 17.0 Å². The maximum atomic E-state index is 11.6. The highest BCUT2D eigenvalue weighted by Crippen LogP contribution is 2.34. The molecule has 0 saturated carbocycles. The molecule has 3 heteroatoms. The Labute approximate surface area is 175 Å². The van der Waals surface area contributed by atoms with Gasteiger partial charge in [-0.1, -0.05) is 67.1 Å². The Balaban J connectivity index is 0.00000261. The Kier molecular flexibility index (Phi) is 8.53. The first-order valence-electron chi connectivity index (χ1n) is 10.2. The summed E-state index contributed by atoms with van der Waals surface area (Å²) in [6, 6.07) is 21.6. The lowest BCUT2D eigenvalue weighted by atomic mass is 9.82. The predicted molar refractivity (Wildman–Crippen MR) is 120 cm³/mol. The fourth-order valence-electron chi connectivity index (χ4n) is 4.47. The van der Waals surface area contributed by atoms with Gasteiger partial charge in [0.2, 0.25) is 0 Å². The minimum Gasteiger partial charge on any atom is -0.380 e. The monoisotopic (exact) mass is 431 g/mol. The van der Waals surface area contributed by atoms with Crippen molar-refractivity contribution in [2.24, 2.45) is 0 Å². The normalized spacial score (nSPS) is 20.9. The van der Waals surface area contributed by atoms with Gasteiger partial charge in [-0.25, -0.2) is 0 Å². The summed E-state index contributed by atoms with van der Waals surface area (Å²) in [7, 11) is 0. The van der Waals surface area contributed by atoms with Gasteiger partial charge in [-0.3, -0.25) is 4.90 Å². The fraction of sp³-hybridized carbons (Fsp3) is 0.500. The van der Waals surface area contributed by atoms with Gasteiger partial charge >= 0.3 is 0 Å². The SMILES string of the molecule is Br.CC1CCCC(C)N1CCCCC(O)(c1ccccc1)c1ccccc1. The van der Waals surface area contributed by atoms with Gasteiger partial charge in [0.25, 0.3) is 0 Å². The minimum absolute atomic E-state index is 0. The average molecular weight is 432 g/mol. The van der Waals surface area contributed by atoms with E-state index in [1.165, 1.54) is 19.3 Å². The lowest BCUT2D eigenvalue weighted by Crippen LogP contribution is -2.44. The molecule has 0 aromatic heterocycles. The number of nitrogens with zero attached hydrogens (tertiary/aromatic N) is 1. The number of hydrogen-bond donors (Lipinski definition) is 1. The highest BCUT2D eigenvalue weighted by Gasteiger charge is 2.31. The molecule has 1 N–H and O–H groups in total. The van der Waals surface area contributed by atoms with Crippen molar-refractivity contribution < 1.29 is 5.11 Å². The van der Waals surface area contributed by atoms with Gasteiger partial charge in [0.15, 0.2) is 0 Å². The van der Waals surface area contributed by atoms with Gasteiger partial charge < -0.3 is 5.11 Å². The van der Waals surface area contributed by atoms with Crippen LogP contribution in [0.5, 0.6) is 0 Å². The van der Waals surface area contributed by atoms with Gasteiger partial charge in [0, 0.05) is 12.1 Å². The zero-order valence-electron chi connectivity index (χ0n) is 16.7. The van der Waals surface area contributed by atoms with Gasteiger partial charge in [-0.05, 0) is 63.6 Å². The number of aliphatic hydroxyl groups is 1. The number of unbranched alkanes of at least 4 members (excludes halogenated alkanes) is 1. The van der Waals surface area contributed by atoms with Gasteiger partial charge in [0.1, 0.15) is 5.60 Å². The van der Waals surface area contributed by atoms with Crippen LogP contribution < -0.4 is 0 Å². The third-order valence-electron chi connectivity index (χ3n) is 6.08. The number of piperidine rings is 1. The van der Waals surface area contributed by atoms with Crippen molar-refractivity contribution in [3.63, 3.8) is 0 Å². The lowest BCUT2D eigenvalue weighted by molar-refractivity contribution is 0.0623. The Bertz CT molecular complexity index is 611. The third kappa shape index (κ3) is 5.43. The second-order valence-electron chi connectivity index (χ2n) is 7.92. The molecule has 2 unspecified atom stereocenters. The van der Waals surface area contributed by atoms with Crippen LogP contribution in [0, 0.1) is 0 Å². The molecular weight excluding hydrogens is 398 g/mol. The summed E-state index contributed by atoms with van der Waals surface area (Å²) in [5, 5.41) is 11.6. The van der Waals surface area contributed by atoms with Crippen molar-refractivity contribution in [2.45, 2.75) is 70.1 Å². The second-order valence-corrected chi connectivity index (χ2v) is 7.92. The molecule has 1 saturated heterocycles. The maximum absolute atomic E-state index is 11.6. The Morgan fingerprint density at radius 1 is 0.852 bits per heavy atom. The standard InChI is InChI=1S/C24H33NO.BrH/c1-20-12-11-13-21(2)25(20)19-10-9-18-24(26,22-14-5-3-6-15-22)23-16-7-4-8-17-23;/h3-8,14-17,20-21,26H,9-13,18-19H2,1-2H3;1H. The summed E-state index contributed by atoms with van der Waals surface area (Å²) >= 11 is 0. The van der Waals surface area contributed by atoms with E-state index in [1.807, 2.05) is 60.7 Å². The van der Waals surface area contributed by atoms with E-state index in [1.54, 1.807) is 0 Å². The highest BCUT2D eigenvalue weighted by molar-refractivity contribution is 8.93. The van der Waals surface area contributed by atoms with Crippen LogP contribution in [0.15, 0.2) is 60.7 Å². The third-order valence-corrected chi connectivity index (χ3v) is 6.08. The summed E-state index contributed by atoms with van der Waals surface area (Å²) in [5.41, 5.74) is 1.08. The van der Waals surface area contributed by atoms with Gasteiger partial charge in [-0.2, -0.15) is 0 Å². The second kappa shape index (κ2) is 10.4. The molecule has 3 rings (SSSR count). The molecule has 0 radical (unpaired) electrons. The first kappa shape index (κ1) is 22.1. The Morgan fingerprint density at radius 3 is 1.81 bits per heavy atom. The summed E-state index contributed by atoms with van der Waals surface area (Å²) in [5.74, 6) is 0. The molecule has 1 fully saturated rings. The largest absolute Gasteiger partial charge is 0.380 e. The molecule has 2 aromatic rings. The predicted octanol–water partition coefficient (Wildman–Crippen LogP) is 5.93. The number of benzene rings is 2. The van der Waals surface area contributed by atoms with Crippen LogP contribution in [0.1, 0.15) is 63.5 Å². The molecule has 148 valence electrons. The van der Waals surface area contributed by atoms with Crippen LogP contribution in [0.2, 0.25) is 0 Å². The fourth-order valence-corrected chi connectivity index (χ4v) is 4.47. The van der Waals surface area contributed by atoms with Crippen molar-refractivity contribution in [2.75, 3.05) is 6.54 Å². The molecule has 1 aliphatic rings. The number of rotatable bonds is 7. The van der Waals surface area contributed by atoms with Crippen LogP contribution in [-0.2, 0) is 5.60 Å². The minimum atomic E-state index is -0.901. The van der Waals surface area contributed by atoms with E-state index in [0.717, 1.165) is 36.9 Å². The molecule has 1 aliphatic heterocycles. The van der Waals surface area contributed by atoms with Gasteiger partial charge in [0.05, 0.1) is 0 Å². The lowest BCUT2D eigenvalue weighted by Gasteiger charge is -2.39. The quantitative estimate of drug-likeness (QED) is 0.548. The van der Waals surface area contributed by atoms with Crippen molar-refractivity contribution in [3.05, 3.63) is 71.8 Å². The Hall–Kier alpha value is -1.16. The van der Waals surface area contributed by atoms with Crippen LogP contribution in [0.25, 0.3) is 0 Å².